The van der Waals surface area contributed by atoms with Crippen molar-refractivity contribution in [2.24, 2.45) is 0 Å². The Morgan fingerprint density at radius 1 is 1.26 bits per heavy atom. The molecule has 1 unspecified atom stereocenters. The lowest BCUT2D eigenvalue weighted by molar-refractivity contribution is -0.153. The Hall–Kier alpha value is -1.45. The molecule has 0 aromatic rings. The van der Waals surface area contributed by atoms with E-state index < -0.39 is 50.1 Å². The van der Waals surface area contributed by atoms with Crippen molar-refractivity contribution in [1.82, 2.24) is 0 Å². The lowest BCUT2D eigenvalue weighted by Crippen LogP contribution is -2.32. The highest BCUT2D eigenvalue weighted by Gasteiger charge is 2.45. The van der Waals surface area contributed by atoms with Crippen LogP contribution in [0.25, 0.3) is 0 Å². The van der Waals surface area contributed by atoms with Crippen molar-refractivity contribution in [1.29, 1.82) is 0 Å². The van der Waals surface area contributed by atoms with Crippen LogP contribution in [0.2, 0.25) is 0 Å². The number of aliphatic hydroxyl groups excluding tert-OH is 2. The van der Waals surface area contributed by atoms with E-state index in [1.807, 2.05) is 0 Å². The van der Waals surface area contributed by atoms with Crippen molar-refractivity contribution in [3.8, 4) is 0 Å². The number of unbranched alkanes of at least 4 members (excludes halogenated alkanes) is 4. The molecule has 0 radical (unpaired) electrons. The molecule has 3 N–H and O–H groups in total. The second kappa shape index (κ2) is 11.4. The van der Waals surface area contributed by atoms with Crippen LogP contribution in [0.1, 0.15) is 52.4 Å². The standard InChI is InChI=1S/C16H27O10P/c1-3-5-6-7-8-9-12(19)24-15-14(26-27(21,22)23-4-2)13(11(18)10-17)25-16(15)20/h11,13,17-18H,3-10H2,1-2H3,(H,21,22)/t11-,13+/m0/s1. The molecule has 0 aromatic heterocycles. The van der Waals surface area contributed by atoms with Crippen molar-refractivity contribution in [3.05, 3.63) is 11.5 Å². The van der Waals surface area contributed by atoms with E-state index in [1.54, 1.807) is 0 Å². The summed E-state index contributed by atoms with van der Waals surface area (Å²) in [5.41, 5.74) is 0. The highest BCUT2D eigenvalue weighted by molar-refractivity contribution is 7.47. The molecule has 11 heteroatoms. The highest BCUT2D eigenvalue weighted by atomic mass is 31.2. The lowest BCUT2D eigenvalue weighted by Gasteiger charge is -2.20. The van der Waals surface area contributed by atoms with Crippen LogP contribution >= 0.6 is 7.82 Å². The van der Waals surface area contributed by atoms with Gasteiger partial charge in [-0.15, -0.1) is 0 Å². The number of aliphatic hydroxyl groups is 2. The van der Waals surface area contributed by atoms with E-state index in [0.29, 0.717) is 6.42 Å². The normalized spacial score (nSPS) is 20.2. The Bertz CT molecular complexity index is 588. The van der Waals surface area contributed by atoms with Gasteiger partial charge in [0.25, 0.3) is 5.76 Å². The van der Waals surface area contributed by atoms with Crippen LogP contribution in [0.3, 0.4) is 0 Å². The number of carbonyl (C=O) groups is 2. The van der Waals surface area contributed by atoms with E-state index >= 15 is 0 Å². The number of esters is 2. The Balaban J connectivity index is 2.89. The summed E-state index contributed by atoms with van der Waals surface area (Å²) >= 11 is 0. The zero-order chi connectivity index (χ0) is 20.4. The molecule has 1 aliphatic heterocycles. The molecule has 0 amide bonds. The van der Waals surface area contributed by atoms with E-state index in [9.17, 15) is 24.2 Å². The Morgan fingerprint density at radius 2 is 1.93 bits per heavy atom. The summed E-state index contributed by atoms with van der Waals surface area (Å²) in [6, 6.07) is 0. The minimum Gasteiger partial charge on any atom is -0.445 e. The fourth-order valence-corrected chi connectivity index (χ4v) is 3.15. The van der Waals surface area contributed by atoms with Crippen LogP contribution in [-0.4, -0.2) is 52.5 Å². The maximum atomic E-state index is 12.0. The Labute approximate surface area is 157 Å². The van der Waals surface area contributed by atoms with Crippen LogP contribution in [0, 0.1) is 0 Å². The number of cyclic esters (lactones) is 1. The monoisotopic (exact) mass is 410 g/mol. The average molecular weight is 410 g/mol. The van der Waals surface area contributed by atoms with Gasteiger partial charge < -0.3 is 24.2 Å². The zero-order valence-corrected chi connectivity index (χ0v) is 16.4. The molecule has 0 bridgehead atoms. The molecule has 0 spiro atoms. The van der Waals surface area contributed by atoms with E-state index in [2.05, 4.69) is 11.4 Å². The first-order chi connectivity index (χ1) is 12.8. The Morgan fingerprint density at radius 3 is 2.52 bits per heavy atom. The predicted molar refractivity (Wildman–Crippen MR) is 92.0 cm³/mol. The van der Waals surface area contributed by atoms with E-state index in [4.69, 9.17) is 19.1 Å². The fourth-order valence-electron chi connectivity index (χ4n) is 2.34. The number of hydrogen-bond donors (Lipinski definition) is 3. The van der Waals surface area contributed by atoms with Gasteiger partial charge in [0.05, 0.1) is 13.2 Å². The SMILES string of the molecule is CCCCCCCC(=O)OC1=C(OP(=O)(O)OCC)[C@@H]([C@@H](O)CO)OC1=O. The first-order valence-electron chi connectivity index (χ1n) is 8.87. The predicted octanol–water partition coefficient (Wildman–Crippen LogP) is 1.53. The number of ether oxygens (including phenoxy) is 2. The summed E-state index contributed by atoms with van der Waals surface area (Å²) in [7, 11) is -4.64. The Kier molecular flexibility index (Phi) is 9.97. The minimum absolute atomic E-state index is 0.0310. The third-order valence-corrected chi connectivity index (χ3v) is 4.66. The summed E-state index contributed by atoms with van der Waals surface area (Å²) in [5.74, 6) is -3.30. The van der Waals surface area contributed by atoms with Gasteiger partial charge in [0.1, 0.15) is 6.10 Å². The first kappa shape index (κ1) is 23.6. The second-order valence-corrected chi connectivity index (χ2v) is 7.26. The van der Waals surface area contributed by atoms with Crippen molar-refractivity contribution >= 4 is 19.8 Å². The first-order valence-corrected chi connectivity index (χ1v) is 10.4. The number of phosphoric acid groups is 1. The molecule has 0 saturated carbocycles. The average Bonchev–Trinajstić information content (AvgIpc) is 2.89. The van der Waals surface area contributed by atoms with Gasteiger partial charge in [-0.05, 0) is 13.3 Å². The maximum absolute atomic E-state index is 12.0. The van der Waals surface area contributed by atoms with Crippen LogP contribution < -0.4 is 0 Å². The van der Waals surface area contributed by atoms with Gasteiger partial charge in [0.15, 0.2) is 6.10 Å². The number of rotatable bonds is 13. The van der Waals surface area contributed by atoms with E-state index in [-0.39, 0.29) is 13.0 Å². The number of hydrogen-bond acceptors (Lipinski definition) is 9. The number of carbonyl (C=O) groups excluding carboxylic acids is 2. The summed E-state index contributed by atoms with van der Waals surface area (Å²) in [4.78, 5) is 33.6. The highest BCUT2D eigenvalue weighted by Crippen LogP contribution is 2.48. The second-order valence-electron chi connectivity index (χ2n) is 5.89. The van der Waals surface area contributed by atoms with Gasteiger partial charge >= 0.3 is 19.8 Å². The molecular formula is C16H27O10P. The van der Waals surface area contributed by atoms with Crippen LogP contribution in [0.5, 0.6) is 0 Å². The maximum Gasteiger partial charge on any atom is 0.527 e. The quantitative estimate of drug-likeness (QED) is 0.232. The molecule has 156 valence electrons. The van der Waals surface area contributed by atoms with Crippen molar-refractivity contribution in [3.63, 3.8) is 0 Å². The van der Waals surface area contributed by atoms with Gasteiger partial charge in [-0.1, -0.05) is 32.6 Å². The van der Waals surface area contributed by atoms with Gasteiger partial charge in [-0.3, -0.25) is 14.2 Å². The van der Waals surface area contributed by atoms with Crippen molar-refractivity contribution in [2.75, 3.05) is 13.2 Å². The molecule has 1 aliphatic rings. The largest absolute Gasteiger partial charge is 0.527 e. The summed E-state index contributed by atoms with van der Waals surface area (Å²) in [5, 5.41) is 18.8. The third kappa shape index (κ3) is 7.59. The summed E-state index contributed by atoms with van der Waals surface area (Å²) in [6.45, 7) is 2.51. The molecule has 1 heterocycles. The molecule has 3 atom stereocenters. The molecule has 0 aromatic carbocycles. The molecule has 0 aliphatic carbocycles. The van der Waals surface area contributed by atoms with E-state index in [0.717, 1.165) is 25.7 Å². The van der Waals surface area contributed by atoms with Gasteiger partial charge in [0.2, 0.25) is 5.76 Å². The summed E-state index contributed by atoms with van der Waals surface area (Å²) in [6.07, 6.45) is 1.23. The summed E-state index contributed by atoms with van der Waals surface area (Å²) < 4.78 is 31.0. The van der Waals surface area contributed by atoms with Gasteiger partial charge in [-0.25, -0.2) is 9.36 Å². The minimum atomic E-state index is -4.64. The topological polar surface area (TPSA) is 149 Å². The molecule has 27 heavy (non-hydrogen) atoms. The van der Waals surface area contributed by atoms with Gasteiger partial charge in [-0.2, -0.15) is 0 Å². The van der Waals surface area contributed by atoms with Crippen molar-refractivity contribution < 1.29 is 47.8 Å². The van der Waals surface area contributed by atoms with Gasteiger partial charge in [0, 0.05) is 6.42 Å². The molecule has 0 saturated heterocycles. The smallest absolute Gasteiger partial charge is 0.445 e. The van der Waals surface area contributed by atoms with Crippen LogP contribution in [0.15, 0.2) is 11.5 Å². The molecule has 1 rings (SSSR count). The molecular weight excluding hydrogens is 383 g/mol. The molecule has 0 fully saturated rings. The molecule has 10 nitrogen and oxygen atoms in total. The zero-order valence-electron chi connectivity index (χ0n) is 15.5. The lowest BCUT2D eigenvalue weighted by atomic mass is 10.1. The third-order valence-electron chi connectivity index (χ3n) is 3.64. The number of phosphoric ester groups is 1. The van der Waals surface area contributed by atoms with Crippen molar-refractivity contribution in [2.45, 2.75) is 64.6 Å². The fraction of sp³-hybridized carbons (Fsp3) is 0.750. The van der Waals surface area contributed by atoms with Crippen LogP contribution in [0.4, 0.5) is 0 Å². The van der Waals surface area contributed by atoms with Crippen LogP contribution in [-0.2, 0) is 32.7 Å². The van der Waals surface area contributed by atoms with E-state index in [1.165, 1.54) is 6.92 Å².